The standard InChI is InChI=1S/C23H21N5O5S2/c1-27-18-14-19-20(33-13-12-32-19)15-21(18)34-23(27)26-22(29)16-4-6-17(7-5-16)35(30,31)28(10-2-8-24)11-3-9-25/h4-7,14-15H,2-3,10-13H2,1H3. The summed E-state index contributed by atoms with van der Waals surface area (Å²) in [7, 11) is -2.12. The van der Waals surface area contributed by atoms with Gasteiger partial charge in [0.15, 0.2) is 16.3 Å². The number of sulfonamides is 1. The van der Waals surface area contributed by atoms with Gasteiger partial charge >= 0.3 is 0 Å². The van der Waals surface area contributed by atoms with Gasteiger partial charge in [-0.25, -0.2) is 8.42 Å². The number of ether oxygens (including phenoxy) is 2. The molecule has 0 saturated carbocycles. The molecule has 0 saturated heterocycles. The first-order chi connectivity index (χ1) is 16.8. The fourth-order valence-corrected chi connectivity index (χ4v) is 6.01. The van der Waals surface area contributed by atoms with Crippen LogP contribution in [0.2, 0.25) is 0 Å². The molecule has 0 N–H and O–H groups in total. The smallest absolute Gasteiger partial charge is 0.279 e. The summed E-state index contributed by atoms with van der Waals surface area (Å²) in [5.74, 6) is 0.781. The van der Waals surface area contributed by atoms with Gasteiger partial charge in [0.1, 0.15) is 13.2 Å². The summed E-state index contributed by atoms with van der Waals surface area (Å²) in [5.41, 5.74) is 1.08. The van der Waals surface area contributed by atoms with Crippen LogP contribution in [-0.4, -0.2) is 49.5 Å². The van der Waals surface area contributed by atoms with E-state index in [-0.39, 0.29) is 36.4 Å². The van der Waals surface area contributed by atoms with Gasteiger partial charge in [0.2, 0.25) is 10.0 Å². The predicted octanol–water partition coefficient (Wildman–Crippen LogP) is 2.57. The second-order valence-corrected chi connectivity index (χ2v) is 10.5. The third-order valence-electron chi connectivity index (χ3n) is 5.36. The molecule has 0 radical (unpaired) electrons. The Kier molecular flexibility index (Phi) is 7.17. The Balaban J connectivity index is 1.60. The van der Waals surface area contributed by atoms with E-state index in [2.05, 4.69) is 4.99 Å². The van der Waals surface area contributed by atoms with Gasteiger partial charge in [-0.15, -0.1) is 0 Å². The summed E-state index contributed by atoms with van der Waals surface area (Å²) in [5, 5.41) is 17.6. The topological polar surface area (TPSA) is 138 Å². The number of aryl methyl sites for hydroxylation is 1. The minimum Gasteiger partial charge on any atom is -0.486 e. The zero-order chi connectivity index (χ0) is 25.0. The Labute approximate surface area is 205 Å². The van der Waals surface area contributed by atoms with Crippen molar-refractivity contribution in [3.63, 3.8) is 0 Å². The maximum absolute atomic E-state index is 12.9. The number of nitriles is 2. The van der Waals surface area contributed by atoms with E-state index in [1.807, 2.05) is 24.3 Å². The number of hydrogen-bond donors (Lipinski definition) is 0. The van der Waals surface area contributed by atoms with Crippen molar-refractivity contribution in [2.75, 3.05) is 26.3 Å². The molecule has 12 heteroatoms. The minimum atomic E-state index is -3.92. The van der Waals surface area contributed by atoms with Crippen LogP contribution in [0.1, 0.15) is 23.2 Å². The zero-order valence-electron chi connectivity index (χ0n) is 18.8. The van der Waals surface area contributed by atoms with Crippen LogP contribution >= 0.6 is 11.3 Å². The van der Waals surface area contributed by atoms with E-state index in [1.165, 1.54) is 35.6 Å². The molecule has 0 fully saturated rings. The van der Waals surface area contributed by atoms with Crippen molar-refractivity contribution >= 4 is 37.5 Å². The van der Waals surface area contributed by atoms with Gasteiger partial charge in [-0.2, -0.15) is 19.8 Å². The molecule has 2 heterocycles. The first kappa shape index (κ1) is 24.4. The highest BCUT2D eigenvalue weighted by atomic mass is 32.2. The summed E-state index contributed by atoms with van der Waals surface area (Å²) < 4.78 is 40.9. The van der Waals surface area contributed by atoms with Crippen molar-refractivity contribution in [3.05, 3.63) is 46.8 Å². The van der Waals surface area contributed by atoms with E-state index < -0.39 is 15.9 Å². The van der Waals surface area contributed by atoms with Crippen LogP contribution in [0.15, 0.2) is 46.3 Å². The Morgan fingerprint density at radius 1 is 1.09 bits per heavy atom. The molecule has 3 aromatic rings. The van der Waals surface area contributed by atoms with Crippen molar-refractivity contribution in [2.24, 2.45) is 12.0 Å². The molecule has 4 rings (SSSR count). The molecular formula is C23H21N5O5S2. The van der Waals surface area contributed by atoms with E-state index in [9.17, 15) is 13.2 Å². The first-order valence-corrected chi connectivity index (χ1v) is 12.9. The number of benzene rings is 2. The number of aromatic nitrogens is 1. The van der Waals surface area contributed by atoms with E-state index >= 15 is 0 Å². The monoisotopic (exact) mass is 511 g/mol. The quantitative estimate of drug-likeness (QED) is 0.475. The van der Waals surface area contributed by atoms with Crippen molar-refractivity contribution in [3.8, 4) is 23.6 Å². The maximum atomic E-state index is 12.9. The minimum absolute atomic E-state index is 0.00747. The number of rotatable bonds is 7. The largest absolute Gasteiger partial charge is 0.486 e. The molecule has 0 aliphatic carbocycles. The summed E-state index contributed by atoms with van der Waals surface area (Å²) >= 11 is 1.33. The highest BCUT2D eigenvalue weighted by Gasteiger charge is 2.24. The lowest BCUT2D eigenvalue weighted by Gasteiger charge is -2.20. The Morgan fingerprint density at radius 3 is 2.29 bits per heavy atom. The van der Waals surface area contributed by atoms with Gasteiger partial charge in [-0.3, -0.25) is 4.79 Å². The summed E-state index contributed by atoms with van der Waals surface area (Å²) in [6.07, 6.45) is 0.0149. The van der Waals surface area contributed by atoms with Crippen molar-refractivity contribution < 1.29 is 22.7 Å². The SMILES string of the molecule is Cn1c(=NC(=O)c2ccc(S(=O)(=O)N(CCC#N)CCC#N)cc2)sc2cc3c(cc21)OCCO3. The Hall–Kier alpha value is -3.71. The molecule has 1 aliphatic heterocycles. The molecule has 1 amide bonds. The summed E-state index contributed by atoms with van der Waals surface area (Å²) in [6.45, 7) is 0.922. The van der Waals surface area contributed by atoms with E-state index in [4.69, 9.17) is 20.0 Å². The van der Waals surface area contributed by atoms with E-state index in [1.54, 1.807) is 11.6 Å². The number of thiazole rings is 1. The molecule has 2 aromatic carbocycles. The average molecular weight is 512 g/mol. The van der Waals surface area contributed by atoms with Gasteiger partial charge in [0, 0.05) is 50.7 Å². The van der Waals surface area contributed by atoms with Crippen LogP contribution in [-0.2, 0) is 17.1 Å². The first-order valence-electron chi connectivity index (χ1n) is 10.7. The normalized spacial score (nSPS) is 13.5. The Bertz CT molecular complexity index is 1510. The lowest BCUT2D eigenvalue weighted by molar-refractivity contribution is 0.0998. The van der Waals surface area contributed by atoms with Gasteiger partial charge in [0.25, 0.3) is 5.91 Å². The fraction of sp³-hybridized carbons (Fsp3) is 0.304. The van der Waals surface area contributed by atoms with Crippen molar-refractivity contribution in [1.29, 1.82) is 10.5 Å². The third-order valence-corrected chi connectivity index (χ3v) is 8.36. The second kappa shape index (κ2) is 10.3. The van der Waals surface area contributed by atoms with Crippen molar-refractivity contribution in [1.82, 2.24) is 8.87 Å². The number of fused-ring (bicyclic) bond motifs is 2. The molecule has 35 heavy (non-hydrogen) atoms. The van der Waals surface area contributed by atoms with Crippen LogP contribution in [0.5, 0.6) is 11.5 Å². The molecule has 0 bridgehead atoms. The molecule has 10 nitrogen and oxygen atoms in total. The predicted molar refractivity (Wildman–Crippen MR) is 127 cm³/mol. The van der Waals surface area contributed by atoms with Gasteiger partial charge < -0.3 is 14.0 Å². The molecular weight excluding hydrogens is 490 g/mol. The van der Waals surface area contributed by atoms with Crippen molar-refractivity contribution in [2.45, 2.75) is 17.7 Å². The highest BCUT2D eigenvalue weighted by Crippen LogP contribution is 2.35. The lowest BCUT2D eigenvalue weighted by atomic mass is 10.2. The molecule has 0 spiro atoms. The molecule has 1 aliphatic rings. The summed E-state index contributed by atoms with van der Waals surface area (Å²) in [6, 6.07) is 13.0. The van der Waals surface area contributed by atoms with Gasteiger partial charge in [0.05, 0.1) is 27.3 Å². The van der Waals surface area contributed by atoms with Gasteiger partial charge in [-0.1, -0.05) is 11.3 Å². The van der Waals surface area contributed by atoms with E-state index in [0.29, 0.717) is 29.5 Å². The summed E-state index contributed by atoms with van der Waals surface area (Å²) in [4.78, 5) is 17.5. The number of carbonyl (C=O) groups excluding carboxylic acids is 1. The zero-order valence-corrected chi connectivity index (χ0v) is 20.4. The third kappa shape index (κ3) is 5.05. The molecule has 0 atom stereocenters. The van der Waals surface area contributed by atoms with Crippen LogP contribution in [0.25, 0.3) is 10.2 Å². The van der Waals surface area contributed by atoms with Crippen LogP contribution in [0, 0.1) is 22.7 Å². The van der Waals surface area contributed by atoms with Gasteiger partial charge in [-0.05, 0) is 24.3 Å². The second-order valence-electron chi connectivity index (χ2n) is 7.57. The van der Waals surface area contributed by atoms with Crippen LogP contribution in [0.4, 0.5) is 0 Å². The van der Waals surface area contributed by atoms with Crippen LogP contribution < -0.4 is 14.3 Å². The Morgan fingerprint density at radius 2 is 1.69 bits per heavy atom. The maximum Gasteiger partial charge on any atom is 0.279 e. The highest BCUT2D eigenvalue weighted by molar-refractivity contribution is 7.89. The number of amides is 1. The van der Waals surface area contributed by atoms with E-state index in [0.717, 1.165) is 14.5 Å². The fourth-order valence-electron chi connectivity index (χ4n) is 3.54. The number of hydrogen-bond acceptors (Lipinski definition) is 8. The average Bonchev–Trinajstić information content (AvgIpc) is 3.16. The number of carbonyl (C=O) groups is 1. The lowest BCUT2D eigenvalue weighted by Crippen LogP contribution is -2.32. The molecule has 180 valence electrons. The molecule has 0 unspecified atom stereocenters. The number of nitrogens with zero attached hydrogens (tertiary/aromatic N) is 5. The molecule has 1 aromatic heterocycles. The van der Waals surface area contributed by atoms with Crippen LogP contribution in [0.3, 0.4) is 0 Å².